The number of carbonyl (C=O) groups is 2. The van der Waals surface area contributed by atoms with Gasteiger partial charge in [0.05, 0.1) is 26.9 Å². The molecule has 0 spiro atoms. The number of hydrogen-bond acceptors (Lipinski definition) is 7. The van der Waals surface area contributed by atoms with Gasteiger partial charge < -0.3 is 30.4 Å². The van der Waals surface area contributed by atoms with Crippen molar-refractivity contribution in [3.8, 4) is 23.0 Å². The molecule has 3 rings (SSSR count). The highest BCUT2D eigenvalue weighted by Crippen LogP contribution is 2.37. The third-order valence-electron chi connectivity index (χ3n) is 7.22. The van der Waals surface area contributed by atoms with Crippen LogP contribution in [0.1, 0.15) is 68.1 Å². The van der Waals surface area contributed by atoms with Gasteiger partial charge in [0.25, 0.3) is 5.91 Å². The fourth-order valence-electron chi connectivity index (χ4n) is 4.80. The summed E-state index contributed by atoms with van der Waals surface area (Å²) in [6.45, 7) is 2.70. The van der Waals surface area contributed by atoms with Crippen LogP contribution < -0.4 is 30.4 Å². The van der Waals surface area contributed by atoms with Gasteiger partial charge in [0.15, 0.2) is 6.61 Å². The second-order valence-electron chi connectivity index (χ2n) is 10.4. The minimum Gasteiger partial charge on any atom is -0.497 e. The molecule has 0 aromatic heterocycles. The molecule has 0 saturated carbocycles. The number of ketones is 1. The number of ether oxygens (including phenoxy) is 4. The number of methoxy groups -OCH3 is 2. The monoisotopic (exact) mass is 576 g/mol. The zero-order chi connectivity index (χ0) is 30.3. The predicted octanol–water partition coefficient (Wildman–Crippen LogP) is 5.58. The Morgan fingerprint density at radius 2 is 1.48 bits per heavy atom. The Labute approximate surface area is 249 Å². The Morgan fingerprint density at radius 1 is 0.810 bits per heavy atom. The van der Waals surface area contributed by atoms with E-state index in [2.05, 4.69) is 19.1 Å². The lowest BCUT2D eigenvalue weighted by atomic mass is 9.84. The van der Waals surface area contributed by atoms with Crippen LogP contribution in [0.15, 0.2) is 66.7 Å². The minimum atomic E-state index is -0.587. The van der Waals surface area contributed by atoms with Gasteiger partial charge >= 0.3 is 0 Å². The first-order valence-corrected chi connectivity index (χ1v) is 14.6. The summed E-state index contributed by atoms with van der Waals surface area (Å²) in [5, 5.41) is 0. The highest BCUT2D eigenvalue weighted by Gasteiger charge is 2.25. The molecule has 42 heavy (non-hydrogen) atoms. The van der Waals surface area contributed by atoms with Gasteiger partial charge in [-0.1, -0.05) is 50.1 Å². The van der Waals surface area contributed by atoms with Crippen LogP contribution in [-0.4, -0.2) is 45.2 Å². The van der Waals surface area contributed by atoms with Crippen molar-refractivity contribution in [2.24, 2.45) is 11.5 Å². The molecule has 1 amide bonds. The zero-order valence-corrected chi connectivity index (χ0v) is 25.0. The number of carbonyl (C=O) groups excluding carboxylic acids is 2. The summed E-state index contributed by atoms with van der Waals surface area (Å²) < 4.78 is 22.2. The average molecular weight is 577 g/mol. The van der Waals surface area contributed by atoms with Gasteiger partial charge in [0, 0.05) is 24.0 Å². The van der Waals surface area contributed by atoms with E-state index in [4.69, 9.17) is 30.4 Å². The van der Waals surface area contributed by atoms with Gasteiger partial charge in [-0.25, -0.2) is 0 Å². The van der Waals surface area contributed by atoms with Crippen molar-refractivity contribution >= 4 is 11.7 Å². The number of aryl methyl sites for hydroxylation is 1. The number of benzene rings is 3. The van der Waals surface area contributed by atoms with E-state index in [9.17, 15) is 9.59 Å². The fourth-order valence-corrected chi connectivity index (χ4v) is 4.80. The topological polar surface area (TPSA) is 123 Å². The van der Waals surface area contributed by atoms with E-state index < -0.39 is 11.9 Å². The molecule has 0 aliphatic rings. The molecule has 0 bridgehead atoms. The van der Waals surface area contributed by atoms with E-state index in [1.54, 1.807) is 32.4 Å². The van der Waals surface area contributed by atoms with Crippen LogP contribution >= 0.6 is 0 Å². The van der Waals surface area contributed by atoms with E-state index in [1.807, 2.05) is 36.4 Å². The summed E-state index contributed by atoms with van der Waals surface area (Å²) in [4.78, 5) is 24.5. The molecular weight excluding hydrogens is 532 g/mol. The third kappa shape index (κ3) is 10.1. The molecule has 8 heteroatoms. The molecule has 3 aromatic carbocycles. The number of primary amides is 1. The molecule has 1 unspecified atom stereocenters. The molecule has 4 N–H and O–H groups in total. The molecule has 0 radical (unpaired) electrons. The van der Waals surface area contributed by atoms with Gasteiger partial charge in [-0.2, -0.15) is 0 Å². The minimum absolute atomic E-state index is 0.0252. The Bertz CT molecular complexity index is 1260. The number of hydrogen-bond donors (Lipinski definition) is 2. The summed E-state index contributed by atoms with van der Waals surface area (Å²) in [6, 6.07) is 20.4. The lowest BCUT2D eigenvalue weighted by Crippen LogP contribution is -2.31. The molecule has 0 fully saturated rings. The summed E-state index contributed by atoms with van der Waals surface area (Å²) in [5.41, 5.74) is 14.5. The van der Waals surface area contributed by atoms with Gasteiger partial charge in [0.1, 0.15) is 28.8 Å². The van der Waals surface area contributed by atoms with E-state index in [0.717, 1.165) is 42.7 Å². The summed E-state index contributed by atoms with van der Waals surface area (Å²) in [6.07, 6.45) is 5.82. The predicted molar refractivity (Wildman–Crippen MR) is 165 cm³/mol. The largest absolute Gasteiger partial charge is 0.497 e. The van der Waals surface area contributed by atoms with Crippen molar-refractivity contribution in [3.05, 3.63) is 83.4 Å². The van der Waals surface area contributed by atoms with Crippen molar-refractivity contribution in [2.45, 2.75) is 63.8 Å². The Kier molecular flexibility index (Phi) is 13.2. The van der Waals surface area contributed by atoms with Crippen LogP contribution in [0.2, 0.25) is 0 Å². The molecule has 0 aliphatic carbocycles. The average Bonchev–Trinajstić information content (AvgIpc) is 3.01. The second-order valence-corrected chi connectivity index (χ2v) is 10.4. The van der Waals surface area contributed by atoms with Crippen molar-refractivity contribution < 1.29 is 28.5 Å². The zero-order valence-electron chi connectivity index (χ0n) is 25.0. The molecule has 0 aliphatic heterocycles. The molecule has 2 atom stereocenters. The Balaban J connectivity index is 1.65. The molecule has 3 aromatic rings. The normalized spacial score (nSPS) is 12.3. The second kappa shape index (κ2) is 17.0. The van der Waals surface area contributed by atoms with Crippen molar-refractivity contribution in [1.82, 2.24) is 0 Å². The highest BCUT2D eigenvalue weighted by atomic mass is 16.5. The van der Waals surface area contributed by atoms with Crippen LogP contribution in [0.5, 0.6) is 23.0 Å². The maximum atomic E-state index is 13.4. The lowest BCUT2D eigenvalue weighted by molar-refractivity contribution is -0.121. The number of nitrogens with two attached hydrogens (primary N) is 2. The van der Waals surface area contributed by atoms with Gasteiger partial charge in [0.2, 0.25) is 0 Å². The first-order chi connectivity index (χ1) is 20.3. The molecular formula is C34H44N2O6. The summed E-state index contributed by atoms with van der Waals surface area (Å²) in [7, 11) is 3.19. The Hall–Kier alpha value is -4.04. The fraction of sp³-hybridized carbons (Fsp3) is 0.412. The van der Waals surface area contributed by atoms with E-state index in [1.165, 1.54) is 18.4 Å². The first kappa shape index (κ1) is 32.5. The Morgan fingerprint density at radius 3 is 2.12 bits per heavy atom. The number of rotatable bonds is 19. The smallest absolute Gasteiger partial charge is 0.255 e. The number of amides is 1. The summed E-state index contributed by atoms with van der Waals surface area (Å²) >= 11 is 0. The van der Waals surface area contributed by atoms with Crippen molar-refractivity contribution in [1.29, 1.82) is 0 Å². The van der Waals surface area contributed by atoms with Gasteiger partial charge in [-0.15, -0.1) is 0 Å². The first-order valence-electron chi connectivity index (χ1n) is 14.6. The molecule has 8 nitrogen and oxygen atoms in total. The van der Waals surface area contributed by atoms with E-state index >= 15 is 0 Å². The highest BCUT2D eigenvalue weighted by molar-refractivity contribution is 5.85. The van der Waals surface area contributed by atoms with Gasteiger partial charge in [-0.3, -0.25) is 9.59 Å². The molecule has 0 heterocycles. The quantitative estimate of drug-likeness (QED) is 0.179. The van der Waals surface area contributed by atoms with E-state index in [-0.39, 0.29) is 24.7 Å². The molecule has 226 valence electrons. The van der Waals surface area contributed by atoms with Crippen LogP contribution in [0.25, 0.3) is 0 Å². The number of unbranched alkanes of at least 4 members (excludes halogenated alkanes) is 2. The summed E-state index contributed by atoms with van der Waals surface area (Å²) in [5.74, 6) is 1.79. The number of Topliss-reactive ketones (excluding diaryl/α,β-unsaturated/α-hetero) is 1. The van der Waals surface area contributed by atoms with Crippen LogP contribution in [-0.2, 0) is 16.0 Å². The third-order valence-corrected chi connectivity index (χ3v) is 7.22. The van der Waals surface area contributed by atoms with Crippen LogP contribution in [0.3, 0.4) is 0 Å². The van der Waals surface area contributed by atoms with Gasteiger partial charge in [-0.05, 0) is 67.1 Å². The SMILES string of the molecule is CCCCCOc1ccc(CCC[C@H](N)C(=O)CC(c2ccc(OCC(N)=O)cc2)c2ccc(OC)cc2OC)cc1. The maximum Gasteiger partial charge on any atom is 0.255 e. The standard InChI is InChI=1S/C34H44N2O6/c1-4-5-6-20-41-26-14-10-24(11-15-26)8-7-9-31(35)32(37)22-30(29-19-18-28(39-2)21-33(29)40-3)25-12-16-27(17-13-25)42-23-34(36)38/h10-19,21,30-31H,4-9,20,22-23,35H2,1-3H3,(H2,36,38)/t30?,31-/m0/s1. The lowest BCUT2D eigenvalue weighted by Gasteiger charge is -2.22. The van der Waals surface area contributed by atoms with Crippen LogP contribution in [0.4, 0.5) is 0 Å². The maximum absolute atomic E-state index is 13.4. The molecule has 0 saturated heterocycles. The van der Waals surface area contributed by atoms with E-state index in [0.29, 0.717) is 23.7 Å². The van der Waals surface area contributed by atoms with Crippen molar-refractivity contribution in [2.75, 3.05) is 27.4 Å². The van der Waals surface area contributed by atoms with Crippen LogP contribution in [0, 0.1) is 0 Å². The van der Waals surface area contributed by atoms with Crippen molar-refractivity contribution in [3.63, 3.8) is 0 Å².